The molecule has 210 valence electrons. The van der Waals surface area contributed by atoms with Gasteiger partial charge in [0, 0.05) is 35.6 Å². The second-order valence-electron chi connectivity index (χ2n) is 9.73. The van der Waals surface area contributed by atoms with Crippen LogP contribution in [0.25, 0.3) is 0 Å². The molecule has 0 saturated heterocycles. The fraction of sp³-hybridized carbons (Fsp3) is 0.500. The number of carbonyl (C=O) groups excluding carboxylic acids is 2. The lowest BCUT2D eigenvalue weighted by atomic mass is 10.1. The van der Waals surface area contributed by atoms with Crippen molar-refractivity contribution in [2.24, 2.45) is 0 Å². The highest BCUT2D eigenvalue weighted by molar-refractivity contribution is 7.92. The van der Waals surface area contributed by atoms with Gasteiger partial charge >= 0.3 is 0 Å². The van der Waals surface area contributed by atoms with Crippen LogP contribution in [0.4, 0.5) is 5.69 Å². The first kappa shape index (κ1) is 31.9. The van der Waals surface area contributed by atoms with Crippen molar-refractivity contribution in [2.45, 2.75) is 78.9 Å². The number of benzene rings is 2. The summed E-state index contributed by atoms with van der Waals surface area (Å²) in [6, 6.07) is 9.96. The first-order valence-corrected chi connectivity index (χ1v) is 15.5. The van der Waals surface area contributed by atoms with Crippen molar-refractivity contribution in [1.29, 1.82) is 0 Å². The molecule has 2 atom stereocenters. The second kappa shape index (κ2) is 14.2. The molecule has 1 N–H and O–H groups in total. The van der Waals surface area contributed by atoms with Gasteiger partial charge in [-0.2, -0.15) is 0 Å². The number of rotatable bonds is 13. The summed E-state index contributed by atoms with van der Waals surface area (Å²) >= 11 is 12.5. The standard InChI is InChI=1S/C28H39Cl2N3O4S/c1-7-21(5)31-28(35)25(8-2)32(18-22-13-14-23(29)17-24(22)30)27(34)10-9-15-33(38(6,36)37)26-16-19(3)11-12-20(26)4/h11-14,16-17,21,25H,7-10,15,18H2,1-6H3,(H,31,35). The number of hydrogen-bond donors (Lipinski definition) is 1. The van der Waals surface area contributed by atoms with E-state index in [9.17, 15) is 18.0 Å². The quantitative estimate of drug-likeness (QED) is 0.319. The molecule has 0 bridgehead atoms. The number of carbonyl (C=O) groups is 2. The smallest absolute Gasteiger partial charge is 0.243 e. The molecule has 0 aromatic heterocycles. The third kappa shape index (κ3) is 8.89. The van der Waals surface area contributed by atoms with Gasteiger partial charge in [0.05, 0.1) is 11.9 Å². The Kier molecular flexibility index (Phi) is 11.9. The molecule has 0 saturated carbocycles. The third-order valence-corrected chi connectivity index (χ3v) is 8.30. The molecule has 10 heteroatoms. The topological polar surface area (TPSA) is 86.8 Å². The van der Waals surface area contributed by atoms with Crippen molar-refractivity contribution in [3.8, 4) is 0 Å². The van der Waals surface area contributed by atoms with E-state index in [4.69, 9.17) is 23.2 Å². The lowest BCUT2D eigenvalue weighted by Gasteiger charge is -2.32. The summed E-state index contributed by atoms with van der Waals surface area (Å²) in [6.07, 6.45) is 2.69. The summed E-state index contributed by atoms with van der Waals surface area (Å²) in [7, 11) is -3.57. The molecule has 0 radical (unpaired) electrons. The van der Waals surface area contributed by atoms with E-state index in [2.05, 4.69) is 5.32 Å². The maximum Gasteiger partial charge on any atom is 0.243 e. The number of anilines is 1. The molecule has 0 heterocycles. The molecular formula is C28H39Cl2N3O4S. The summed E-state index contributed by atoms with van der Waals surface area (Å²) in [5.74, 6) is -0.481. The Labute approximate surface area is 237 Å². The van der Waals surface area contributed by atoms with Crippen molar-refractivity contribution in [2.75, 3.05) is 17.1 Å². The van der Waals surface area contributed by atoms with E-state index in [1.54, 1.807) is 18.2 Å². The molecule has 0 fully saturated rings. The van der Waals surface area contributed by atoms with E-state index >= 15 is 0 Å². The molecule has 2 amide bonds. The maximum atomic E-state index is 13.6. The van der Waals surface area contributed by atoms with Crippen LogP contribution < -0.4 is 9.62 Å². The number of nitrogens with zero attached hydrogens (tertiary/aromatic N) is 2. The van der Waals surface area contributed by atoms with Crippen LogP contribution in [0.15, 0.2) is 36.4 Å². The van der Waals surface area contributed by atoms with Gasteiger partial charge in [-0.1, -0.05) is 55.2 Å². The normalized spacial score (nSPS) is 13.1. The molecule has 2 rings (SSSR count). The van der Waals surface area contributed by atoms with E-state index in [0.29, 0.717) is 27.7 Å². The summed E-state index contributed by atoms with van der Waals surface area (Å²) in [6.45, 7) is 9.79. The molecule has 0 aliphatic carbocycles. The molecule has 7 nitrogen and oxygen atoms in total. The van der Waals surface area contributed by atoms with Gasteiger partial charge in [-0.05, 0) is 74.9 Å². The van der Waals surface area contributed by atoms with Crippen LogP contribution >= 0.6 is 23.2 Å². The number of aryl methyl sites for hydroxylation is 2. The van der Waals surface area contributed by atoms with E-state index in [1.165, 1.54) is 9.21 Å². The fourth-order valence-electron chi connectivity index (χ4n) is 4.16. The monoisotopic (exact) mass is 583 g/mol. The average Bonchev–Trinajstić information content (AvgIpc) is 2.83. The Bertz CT molecular complexity index is 1240. The van der Waals surface area contributed by atoms with Crippen LogP contribution in [0.5, 0.6) is 0 Å². The van der Waals surface area contributed by atoms with Crippen LogP contribution in [0.3, 0.4) is 0 Å². The maximum absolute atomic E-state index is 13.6. The van der Waals surface area contributed by atoms with Crippen molar-refractivity contribution in [3.63, 3.8) is 0 Å². The predicted octanol–water partition coefficient (Wildman–Crippen LogP) is 5.88. The van der Waals surface area contributed by atoms with Gasteiger partial charge in [0.2, 0.25) is 21.8 Å². The van der Waals surface area contributed by atoms with Gasteiger partial charge in [-0.3, -0.25) is 13.9 Å². The zero-order chi connectivity index (χ0) is 28.6. The largest absolute Gasteiger partial charge is 0.352 e. The average molecular weight is 585 g/mol. The highest BCUT2D eigenvalue weighted by Gasteiger charge is 2.30. The van der Waals surface area contributed by atoms with Gasteiger partial charge < -0.3 is 10.2 Å². The molecule has 38 heavy (non-hydrogen) atoms. The van der Waals surface area contributed by atoms with E-state index in [-0.39, 0.29) is 43.8 Å². The van der Waals surface area contributed by atoms with Crippen LogP contribution in [-0.2, 0) is 26.2 Å². The second-order valence-corrected chi connectivity index (χ2v) is 12.5. The van der Waals surface area contributed by atoms with E-state index in [0.717, 1.165) is 23.8 Å². The van der Waals surface area contributed by atoms with Gasteiger partial charge in [-0.25, -0.2) is 8.42 Å². The minimum atomic E-state index is -3.57. The van der Waals surface area contributed by atoms with Gasteiger partial charge in [0.1, 0.15) is 6.04 Å². The lowest BCUT2D eigenvalue weighted by Crippen LogP contribution is -2.50. The summed E-state index contributed by atoms with van der Waals surface area (Å²) < 4.78 is 26.6. The minimum Gasteiger partial charge on any atom is -0.352 e. The Hall–Kier alpha value is -2.29. The summed E-state index contributed by atoms with van der Waals surface area (Å²) in [4.78, 5) is 28.3. The van der Waals surface area contributed by atoms with Crippen molar-refractivity contribution in [1.82, 2.24) is 10.2 Å². The van der Waals surface area contributed by atoms with Gasteiger partial charge in [-0.15, -0.1) is 0 Å². The molecule has 2 aromatic rings. The van der Waals surface area contributed by atoms with Crippen LogP contribution in [0.1, 0.15) is 63.1 Å². The van der Waals surface area contributed by atoms with Crippen molar-refractivity contribution in [3.05, 3.63) is 63.1 Å². The van der Waals surface area contributed by atoms with E-state index in [1.807, 2.05) is 52.8 Å². The van der Waals surface area contributed by atoms with Crippen molar-refractivity contribution < 1.29 is 18.0 Å². The van der Waals surface area contributed by atoms with Crippen LogP contribution in [-0.4, -0.2) is 50.0 Å². The molecule has 2 aromatic carbocycles. The summed E-state index contributed by atoms with van der Waals surface area (Å²) in [5, 5.41) is 3.86. The molecule has 0 spiro atoms. The van der Waals surface area contributed by atoms with Crippen molar-refractivity contribution >= 4 is 50.7 Å². The van der Waals surface area contributed by atoms with E-state index < -0.39 is 16.1 Å². The zero-order valence-electron chi connectivity index (χ0n) is 23.1. The minimum absolute atomic E-state index is 0.0338. The molecule has 0 aliphatic heterocycles. The molecular weight excluding hydrogens is 545 g/mol. The zero-order valence-corrected chi connectivity index (χ0v) is 25.4. The van der Waals surface area contributed by atoms with Gasteiger partial charge in [0.25, 0.3) is 0 Å². The first-order valence-electron chi connectivity index (χ1n) is 12.9. The van der Waals surface area contributed by atoms with Crippen LogP contribution in [0, 0.1) is 13.8 Å². The molecule has 2 unspecified atom stereocenters. The highest BCUT2D eigenvalue weighted by Crippen LogP contribution is 2.26. The predicted molar refractivity (Wildman–Crippen MR) is 156 cm³/mol. The Morgan fingerprint density at radius 2 is 1.71 bits per heavy atom. The third-order valence-electron chi connectivity index (χ3n) is 6.53. The summed E-state index contributed by atoms with van der Waals surface area (Å²) in [5.41, 5.74) is 3.05. The number of nitrogens with one attached hydrogen (secondary N) is 1. The number of amides is 2. The fourth-order valence-corrected chi connectivity index (χ4v) is 5.65. The van der Waals surface area contributed by atoms with Gasteiger partial charge in [0.15, 0.2) is 0 Å². The number of sulfonamides is 1. The number of hydrogen-bond acceptors (Lipinski definition) is 4. The Morgan fingerprint density at radius 1 is 1.03 bits per heavy atom. The lowest BCUT2D eigenvalue weighted by molar-refractivity contribution is -0.141. The van der Waals surface area contributed by atoms with Crippen LogP contribution in [0.2, 0.25) is 10.0 Å². The highest BCUT2D eigenvalue weighted by atomic mass is 35.5. The Balaban J connectivity index is 2.30. The first-order chi connectivity index (χ1) is 17.8. The number of halogens is 2. The molecule has 0 aliphatic rings. The Morgan fingerprint density at radius 3 is 2.29 bits per heavy atom. The SMILES string of the molecule is CCC(C)NC(=O)C(CC)N(Cc1ccc(Cl)cc1Cl)C(=O)CCCN(c1cc(C)ccc1C)S(C)(=O)=O.